The van der Waals surface area contributed by atoms with Crippen LogP contribution in [0.25, 0.3) is 0 Å². The van der Waals surface area contributed by atoms with Gasteiger partial charge in [0, 0.05) is 25.7 Å². The summed E-state index contributed by atoms with van der Waals surface area (Å²) in [6, 6.07) is 6.98. The average Bonchev–Trinajstić information content (AvgIpc) is 3.47. The summed E-state index contributed by atoms with van der Waals surface area (Å²) in [5.74, 6) is 1.70. The first kappa shape index (κ1) is 23.6. The molecule has 2 rings (SSSR count). The number of rotatable bonds is 12. The Labute approximate surface area is 175 Å². The van der Waals surface area contributed by atoms with E-state index in [2.05, 4.69) is 34.2 Å². The van der Waals surface area contributed by atoms with Crippen LogP contribution in [-0.2, 0) is 16.6 Å². The van der Waals surface area contributed by atoms with Crippen molar-refractivity contribution in [2.45, 2.75) is 63.9 Å². The van der Waals surface area contributed by atoms with Crippen molar-refractivity contribution in [2.75, 3.05) is 19.7 Å². The van der Waals surface area contributed by atoms with Gasteiger partial charge >= 0.3 is 0 Å². The number of hydrogen-bond acceptors (Lipinski definition) is 4. The van der Waals surface area contributed by atoms with Gasteiger partial charge in [-0.2, -0.15) is 0 Å². The molecule has 1 fully saturated rings. The maximum Gasteiger partial charge on any atom is 0.240 e. The summed E-state index contributed by atoms with van der Waals surface area (Å²) < 4.78 is 27.2. The van der Waals surface area contributed by atoms with E-state index >= 15 is 0 Å². The maximum absolute atomic E-state index is 12.2. The van der Waals surface area contributed by atoms with E-state index in [1.807, 2.05) is 19.1 Å². The Morgan fingerprint density at radius 3 is 2.45 bits per heavy atom. The molecule has 29 heavy (non-hydrogen) atoms. The number of hydrogen-bond donors (Lipinski definition) is 4. The Morgan fingerprint density at radius 1 is 1.21 bits per heavy atom. The summed E-state index contributed by atoms with van der Waals surface area (Å²) in [5.41, 5.74) is 0.946. The molecule has 1 aromatic carbocycles. The van der Waals surface area contributed by atoms with Crippen LogP contribution >= 0.6 is 0 Å². The molecule has 7 nitrogen and oxygen atoms in total. The highest BCUT2D eigenvalue weighted by Crippen LogP contribution is 2.22. The largest absolute Gasteiger partial charge is 0.396 e. The topological polar surface area (TPSA) is 103 Å². The maximum atomic E-state index is 12.2. The van der Waals surface area contributed by atoms with E-state index in [0.717, 1.165) is 50.3 Å². The lowest BCUT2D eigenvalue weighted by atomic mass is 9.94. The number of aliphatic imine (C=N–C) groups is 1. The van der Waals surface area contributed by atoms with E-state index in [9.17, 15) is 13.5 Å². The van der Waals surface area contributed by atoms with Crippen LogP contribution in [0.2, 0.25) is 0 Å². The molecule has 164 valence electrons. The van der Waals surface area contributed by atoms with Crippen LogP contribution in [0, 0.1) is 11.8 Å². The van der Waals surface area contributed by atoms with E-state index in [4.69, 9.17) is 0 Å². The lowest BCUT2D eigenvalue weighted by Crippen LogP contribution is -2.40. The first-order chi connectivity index (χ1) is 13.8. The summed E-state index contributed by atoms with van der Waals surface area (Å²) in [6.45, 7) is 8.56. The molecule has 0 saturated heterocycles. The van der Waals surface area contributed by atoms with Crippen molar-refractivity contribution in [1.82, 2.24) is 15.4 Å². The summed E-state index contributed by atoms with van der Waals surface area (Å²) in [5, 5.41) is 15.9. The van der Waals surface area contributed by atoms with E-state index in [-0.39, 0.29) is 12.6 Å². The van der Waals surface area contributed by atoms with Gasteiger partial charge in [0.2, 0.25) is 10.0 Å². The third-order valence-corrected chi connectivity index (χ3v) is 6.33. The highest BCUT2D eigenvalue weighted by atomic mass is 32.2. The normalized spacial score (nSPS) is 16.1. The standard InChI is InChI=1S/C21H36N4O3S/c1-4-22-21(24-15-18(11-12-26)13-16(2)3)23-14-17-5-9-20(10-6-17)29(27,28)25-19-7-8-19/h5-6,9-10,16,18-19,25-26H,4,7-8,11-15H2,1-3H3,(H2,22,23,24). The molecule has 4 N–H and O–H groups in total. The second-order valence-electron chi connectivity index (χ2n) is 8.12. The molecule has 0 radical (unpaired) electrons. The van der Waals surface area contributed by atoms with Crippen LogP contribution in [0.5, 0.6) is 0 Å². The summed E-state index contributed by atoms with van der Waals surface area (Å²) in [4.78, 5) is 4.91. The fourth-order valence-corrected chi connectivity index (χ4v) is 4.47. The van der Waals surface area contributed by atoms with Crippen LogP contribution in [0.3, 0.4) is 0 Å². The third kappa shape index (κ3) is 8.72. The van der Waals surface area contributed by atoms with E-state index in [1.165, 1.54) is 0 Å². The summed E-state index contributed by atoms with van der Waals surface area (Å²) in [6.07, 6.45) is 3.67. The van der Waals surface area contributed by atoms with Gasteiger partial charge in [0.05, 0.1) is 11.4 Å². The fourth-order valence-electron chi connectivity index (χ4n) is 3.17. The van der Waals surface area contributed by atoms with Crippen molar-refractivity contribution in [3.05, 3.63) is 29.8 Å². The van der Waals surface area contributed by atoms with Crippen molar-refractivity contribution in [3.8, 4) is 0 Å². The summed E-state index contributed by atoms with van der Waals surface area (Å²) in [7, 11) is -3.42. The predicted octanol–water partition coefficient (Wildman–Crippen LogP) is 2.23. The van der Waals surface area contributed by atoms with Gasteiger partial charge in [0.1, 0.15) is 0 Å². The second-order valence-corrected chi connectivity index (χ2v) is 9.84. The van der Waals surface area contributed by atoms with Crippen molar-refractivity contribution >= 4 is 16.0 Å². The molecular formula is C21H36N4O3S. The average molecular weight is 425 g/mol. The predicted molar refractivity (Wildman–Crippen MR) is 117 cm³/mol. The van der Waals surface area contributed by atoms with Crippen LogP contribution in [0.4, 0.5) is 0 Å². The Hall–Kier alpha value is -1.64. The molecule has 1 unspecified atom stereocenters. The molecule has 0 bridgehead atoms. The highest BCUT2D eigenvalue weighted by Gasteiger charge is 2.27. The summed E-state index contributed by atoms with van der Waals surface area (Å²) >= 11 is 0. The van der Waals surface area contributed by atoms with Gasteiger partial charge in [-0.15, -0.1) is 0 Å². The van der Waals surface area contributed by atoms with Crippen molar-refractivity contribution in [2.24, 2.45) is 16.8 Å². The van der Waals surface area contributed by atoms with Gasteiger partial charge in [-0.3, -0.25) is 0 Å². The first-order valence-electron chi connectivity index (χ1n) is 10.6. The SMILES string of the molecule is CCNC(=NCc1ccc(S(=O)(=O)NC2CC2)cc1)NCC(CCO)CC(C)C. The van der Waals surface area contributed by atoms with E-state index < -0.39 is 10.0 Å². The fraction of sp³-hybridized carbons (Fsp3) is 0.667. The zero-order chi connectivity index (χ0) is 21.3. The molecule has 1 aromatic rings. The van der Waals surface area contributed by atoms with Crippen molar-refractivity contribution < 1.29 is 13.5 Å². The Balaban J connectivity index is 1.94. The van der Waals surface area contributed by atoms with Gasteiger partial charge < -0.3 is 15.7 Å². The van der Waals surface area contributed by atoms with E-state index in [0.29, 0.717) is 23.3 Å². The van der Waals surface area contributed by atoms with Crippen LogP contribution in [0.1, 0.15) is 52.0 Å². The molecule has 8 heteroatoms. The zero-order valence-corrected chi connectivity index (χ0v) is 18.6. The van der Waals surface area contributed by atoms with Gasteiger partial charge in [0.15, 0.2) is 5.96 Å². The third-order valence-electron chi connectivity index (χ3n) is 4.80. The van der Waals surface area contributed by atoms with Crippen molar-refractivity contribution in [1.29, 1.82) is 0 Å². The number of benzene rings is 1. The Bertz CT molecular complexity index is 744. The smallest absolute Gasteiger partial charge is 0.240 e. The first-order valence-corrected chi connectivity index (χ1v) is 12.1. The number of guanidine groups is 1. The monoisotopic (exact) mass is 424 g/mol. The highest BCUT2D eigenvalue weighted by molar-refractivity contribution is 7.89. The molecule has 0 aromatic heterocycles. The van der Waals surface area contributed by atoms with Crippen LogP contribution in [0.15, 0.2) is 34.2 Å². The van der Waals surface area contributed by atoms with Crippen molar-refractivity contribution in [3.63, 3.8) is 0 Å². The lowest BCUT2D eigenvalue weighted by molar-refractivity contribution is 0.243. The zero-order valence-electron chi connectivity index (χ0n) is 17.8. The van der Waals surface area contributed by atoms with Gasteiger partial charge in [-0.1, -0.05) is 26.0 Å². The molecule has 1 atom stereocenters. The Kier molecular flexibility index (Phi) is 9.39. The molecule has 0 amide bonds. The molecule has 1 saturated carbocycles. The number of nitrogens with zero attached hydrogens (tertiary/aromatic N) is 1. The molecule has 0 aliphatic heterocycles. The number of aliphatic hydroxyl groups is 1. The minimum atomic E-state index is -3.42. The van der Waals surface area contributed by atoms with Gasteiger partial charge in [-0.25, -0.2) is 18.1 Å². The molecule has 0 spiro atoms. The number of nitrogens with one attached hydrogen (secondary N) is 3. The number of sulfonamides is 1. The van der Waals surface area contributed by atoms with Crippen LogP contribution < -0.4 is 15.4 Å². The van der Waals surface area contributed by atoms with Crippen LogP contribution in [-0.4, -0.2) is 45.2 Å². The molecule has 0 heterocycles. The Morgan fingerprint density at radius 2 is 1.90 bits per heavy atom. The molecule has 1 aliphatic carbocycles. The molecular weight excluding hydrogens is 388 g/mol. The second kappa shape index (κ2) is 11.5. The van der Waals surface area contributed by atoms with Gasteiger partial charge in [-0.05, 0) is 62.1 Å². The minimum absolute atomic E-state index is 0.100. The molecule has 1 aliphatic rings. The quantitative estimate of drug-likeness (QED) is 0.304. The number of aliphatic hydroxyl groups excluding tert-OH is 1. The minimum Gasteiger partial charge on any atom is -0.396 e. The lowest BCUT2D eigenvalue weighted by Gasteiger charge is -2.20. The van der Waals surface area contributed by atoms with E-state index in [1.54, 1.807) is 12.1 Å². The van der Waals surface area contributed by atoms with Gasteiger partial charge in [0.25, 0.3) is 0 Å².